The first-order valence-electron chi connectivity index (χ1n) is 5.47. The summed E-state index contributed by atoms with van der Waals surface area (Å²) >= 11 is 0. The van der Waals surface area contributed by atoms with Crippen molar-refractivity contribution in [3.8, 4) is 11.3 Å². The number of hydrogen-bond acceptors (Lipinski definition) is 3. The third-order valence-corrected chi connectivity index (χ3v) is 2.78. The normalized spacial score (nSPS) is 10.8. The Kier molecular flexibility index (Phi) is 2.73. The van der Waals surface area contributed by atoms with Crippen molar-refractivity contribution in [3.05, 3.63) is 29.2 Å². The molecule has 2 rings (SSSR count). The number of aryl methyl sites for hydroxylation is 4. The van der Waals surface area contributed by atoms with Gasteiger partial charge in [0, 0.05) is 18.3 Å². The number of rotatable bonds is 2. The number of nitrogens with zero attached hydrogens (tertiary/aromatic N) is 4. The van der Waals surface area contributed by atoms with Gasteiger partial charge in [-0.15, -0.1) is 0 Å². The zero-order chi connectivity index (χ0) is 11.7. The first kappa shape index (κ1) is 10.8. The van der Waals surface area contributed by atoms with Gasteiger partial charge in [-0.2, -0.15) is 15.3 Å². The van der Waals surface area contributed by atoms with E-state index in [1.807, 2.05) is 31.6 Å². The van der Waals surface area contributed by atoms with E-state index in [0.29, 0.717) is 0 Å². The molecule has 2 aromatic heterocycles. The molecule has 0 amide bonds. The smallest absolute Gasteiger partial charge is 0.0966 e. The summed E-state index contributed by atoms with van der Waals surface area (Å²) in [6, 6.07) is 2.06. The Hall–Kier alpha value is -1.71. The summed E-state index contributed by atoms with van der Waals surface area (Å²) < 4.78 is 1.92. The van der Waals surface area contributed by atoms with Crippen molar-refractivity contribution in [2.75, 3.05) is 0 Å². The number of aromatic nitrogens is 4. The van der Waals surface area contributed by atoms with Crippen molar-refractivity contribution in [3.63, 3.8) is 0 Å². The molecule has 0 spiro atoms. The van der Waals surface area contributed by atoms with E-state index in [1.165, 1.54) is 0 Å². The summed E-state index contributed by atoms with van der Waals surface area (Å²) in [6.07, 6.45) is 2.02. The lowest BCUT2D eigenvalue weighted by Crippen LogP contribution is -1.94. The molecule has 0 N–H and O–H groups in total. The Morgan fingerprint density at radius 1 is 1.12 bits per heavy atom. The minimum absolute atomic E-state index is 0.874. The fourth-order valence-electron chi connectivity index (χ4n) is 1.61. The summed E-state index contributed by atoms with van der Waals surface area (Å²) in [5, 5.41) is 12.8. The minimum atomic E-state index is 0.874. The summed E-state index contributed by atoms with van der Waals surface area (Å²) in [6.45, 7) is 8.96. The van der Waals surface area contributed by atoms with Crippen LogP contribution in [0.15, 0.2) is 12.3 Å². The Labute approximate surface area is 95.3 Å². The van der Waals surface area contributed by atoms with Gasteiger partial charge in [-0.25, -0.2) is 0 Å². The van der Waals surface area contributed by atoms with Crippen molar-refractivity contribution in [1.82, 2.24) is 20.0 Å². The van der Waals surface area contributed by atoms with E-state index in [4.69, 9.17) is 0 Å². The van der Waals surface area contributed by atoms with Gasteiger partial charge in [0.05, 0.1) is 17.1 Å². The maximum atomic E-state index is 4.41. The zero-order valence-electron chi connectivity index (χ0n) is 10.2. The van der Waals surface area contributed by atoms with Crippen LogP contribution in [0.4, 0.5) is 0 Å². The predicted molar refractivity (Wildman–Crippen MR) is 63.1 cm³/mol. The lowest BCUT2D eigenvalue weighted by atomic mass is 10.1. The fraction of sp³-hybridized carbons (Fsp3) is 0.417. The van der Waals surface area contributed by atoms with E-state index >= 15 is 0 Å². The van der Waals surface area contributed by atoms with Crippen LogP contribution in [0.3, 0.4) is 0 Å². The maximum absolute atomic E-state index is 4.41. The monoisotopic (exact) mass is 216 g/mol. The third kappa shape index (κ3) is 1.83. The van der Waals surface area contributed by atoms with Crippen LogP contribution in [0.25, 0.3) is 11.3 Å². The zero-order valence-corrected chi connectivity index (χ0v) is 10.2. The SMILES string of the molecule is CCn1cc(-c2cc(C)c(C)nn2)c(C)n1. The lowest BCUT2D eigenvalue weighted by Gasteiger charge is -2.01. The lowest BCUT2D eigenvalue weighted by molar-refractivity contribution is 0.653. The van der Waals surface area contributed by atoms with Crippen LogP contribution < -0.4 is 0 Å². The first-order valence-corrected chi connectivity index (χ1v) is 5.47. The molecule has 0 atom stereocenters. The first-order chi connectivity index (χ1) is 7.61. The molecular weight excluding hydrogens is 200 g/mol. The second-order valence-electron chi connectivity index (χ2n) is 3.98. The van der Waals surface area contributed by atoms with Crippen LogP contribution in [-0.4, -0.2) is 20.0 Å². The van der Waals surface area contributed by atoms with Gasteiger partial charge < -0.3 is 0 Å². The molecule has 16 heavy (non-hydrogen) atoms. The van der Waals surface area contributed by atoms with E-state index in [1.54, 1.807) is 0 Å². The van der Waals surface area contributed by atoms with E-state index in [9.17, 15) is 0 Å². The molecule has 0 saturated heterocycles. The highest BCUT2D eigenvalue weighted by Crippen LogP contribution is 2.21. The molecule has 0 unspecified atom stereocenters. The molecule has 0 bridgehead atoms. The largest absolute Gasteiger partial charge is 0.272 e. The molecule has 4 nitrogen and oxygen atoms in total. The van der Waals surface area contributed by atoms with Crippen molar-refractivity contribution in [1.29, 1.82) is 0 Å². The van der Waals surface area contributed by atoms with E-state index < -0.39 is 0 Å². The second-order valence-corrected chi connectivity index (χ2v) is 3.98. The highest BCUT2D eigenvalue weighted by atomic mass is 15.3. The molecule has 0 aliphatic carbocycles. The third-order valence-electron chi connectivity index (χ3n) is 2.78. The average molecular weight is 216 g/mol. The van der Waals surface area contributed by atoms with Crippen LogP contribution in [-0.2, 0) is 6.54 Å². The topological polar surface area (TPSA) is 43.6 Å². The van der Waals surface area contributed by atoms with Gasteiger partial charge >= 0.3 is 0 Å². The van der Waals surface area contributed by atoms with Crippen molar-refractivity contribution < 1.29 is 0 Å². The van der Waals surface area contributed by atoms with Crippen molar-refractivity contribution >= 4 is 0 Å². The van der Waals surface area contributed by atoms with E-state index in [0.717, 1.165) is 34.8 Å². The van der Waals surface area contributed by atoms with Gasteiger partial charge in [0.25, 0.3) is 0 Å². The summed E-state index contributed by atoms with van der Waals surface area (Å²) in [7, 11) is 0. The second kappa shape index (κ2) is 4.04. The molecule has 2 heterocycles. The highest BCUT2D eigenvalue weighted by Gasteiger charge is 2.09. The van der Waals surface area contributed by atoms with Gasteiger partial charge in [-0.1, -0.05) is 0 Å². The van der Waals surface area contributed by atoms with Crippen molar-refractivity contribution in [2.45, 2.75) is 34.2 Å². The van der Waals surface area contributed by atoms with Crippen molar-refractivity contribution in [2.24, 2.45) is 0 Å². The molecule has 2 aromatic rings. The van der Waals surface area contributed by atoms with Crippen LogP contribution in [0.5, 0.6) is 0 Å². The summed E-state index contributed by atoms with van der Waals surface area (Å²) in [4.78, 5) is 0. The standard InChI is InChI=1S/C12H16N4/c1-5-16-7-11(10(4)15-16)12-6-8(2)9(3)13-14-12/h6-7H,5H2,1-4H3. The molecule has 0 fully saturated rings. The molecule has 0 radical (unpaired) electrons. The van der Waals surface area contributed by atoms with Crippen LogP contribution >= 0.6 is 0 Å². The quantitative estimate of drug-likeness (QED) is 0.773. The predicted octanol–water partition coefficient (Wildman–Crippen LogP) is 2.29. The van der Waals surface area contributed by atoms with Crippen LogP contribution in [0, 0.1) is 20.8 Å². The maximum Gasteiger partial charge on any atom is 0.0966 e. The number of hydrogen-bond donors (Lipinski definition) is 0. The molecule has 0 aromatic carbocycles. The minimum Gasteiger partial charge on any atom is -0.272 e. The fourth-order valence-corrected chi connectivity index (χ4v) is 1.61. The summed E-state index contributed by atoms with van der Waals surface area (Å²) in [5.41, 5.74) is 5.11. The Morgan fingerprint density at radius 2 is 1.88 bits per heavy atom. The molecule has 0 saturated carbocycles. The van der Waals surface area contributed by atoms with E-state index in [-0.39, 0.29) is 0 Å². The molecular formula is C12H16N4. The Morgan fingerprint density at radius 3 is 2.44 bits per heavy atom. The molecule has 0 aliphatic rings. The molecule has 84 valence electrons. The highest BCUT2D eigenvalue weighted by molar-refractivity contribution is 5.61. The molecule has 0 aliphatic heterocycles. The summed E-state index contributed by atoms with van der Waals surface area (Å²) in [5.74, 6) is 0. The van der Waals surface area contributed by atoms with Crippen LogP contribution in [0.2, 0.25) is 0 Å². The van der Waals surface area contributed by atoms with Gasteiger partial charge in [0.1, 0.15) is 0 Å². The van der Waals surface area contributed by atoms with Gasteiger partial charge in [0.2, 0.25) is 0 Å². The van der Waals surface area contributed by atoms with E-state index in [2.05, 4.69) is 28.3 Å². The average Bonchev–Trinajstić information content (AvgIpc) is 2.64. The Bertz CT molecular complexity index is 514. The molecule has 4 heteroatoms. The van der Waals surface area contributed by atoms with Gasteiger partial charge in [-0.05, 0) is 39.3 Å². The van der Waals surface area contributed by atoms with Gasteiger partial charge in [-0.3, -0.25) is 4.68 Å². The van der Waals surface area contributed by atoms with Crippen LogP contribution in [0.1, 0.15) is 23.9 Å². The Balaban J connectivity index is 2.49. The van der Waals surface area contributed by atoms with Gasteiger partial charge in [0.15, 0.2) is 0 Å².